The molecule has 2 amide bonds. The van der Waals surface area contributed by atoms with E-state index in [1.54, 1.807) is 0 Å². The number of hydrogen-bond acceptors (Lipinski definition) is 2. The summed E-state index contributed by atoms with van der Waals surface area (Å²) in [6.45, 7) is 2.55. The summed E-state index contributed by atoms with van der Waals surface area (Å²) in [7, 11) is 0. The maximum atomic E-state index is 12.9. The molecule has 132 valence electrons. The molecule has 0 bridgehead atoms. The summed E-state index contributed by atoms with van der Waals surface area (Å²) in [6.07, 6.45) is 3.29. The predicted octanol–water partition coefficient (Wildman–Crippen LogP) is 4.03. The molecule has 2 aromatic carbocycles. The van der Waals surface area contributed by atoms with Crippen LogP contribution in [-0.2, 0) is 13.0 Å². The second kappa shape index (κ2) is 5.87. The largest absolute Gasteiger partial charge is 0.330 e. The van der Waals surface area contributed by atoms with Gasteiger partial charge in [0.2, 0.25) is 0 Å². The zero-order chi connectivity index (χ0) is 17.7. The van der Waals surface area contributed by atoms with Gasteiger partial charge in [0.15, 0.2) is 0 Å². The first kappa shape index (κ1) is 15.4. The van der Waals surface area contributed by atoms with E-state index >= 15 is 0 Å². The third kappa shape index (κ3) is 2.46. The lowest BCUT2D eigenvalue weighted by Crippen LogP contribution is -2.43. The summed E-state index contributed by atoms with van der Waals surface area (Å²) >= 11 is 0. The molecule has 2 aliphatic rings. The highest BCUT2D eigenvalue weighted by molar-refractivity contribution is 5.94. The number of imidazole rings is 1. The summed E-state index contributed by atoms with van der Waals surface area (Å²) in [5.74, 6) is 0.946. The number of rotatable bonds is 3. The lowest BCUT2D eigenvalue weighted by molar-refractivity contribution is 0.244. The molecule has 0 radical (unpaired) electrons. The number of urea groups is 1. The molecule has 2 heterocycles. The van der Waals surface area contributed by atoms with Crippen molar-refractivity contribution in [2.24, 2.45) is 0 Å². The maximum Gasteiger partial charge on any atom is 0.322 e. The third-order valence-corrected chi connectivity index (χ3v) is 5.40. The average molecular weight is 346 g/mol. The van der Waals surface area contributed by atoms with Crippen molar-refractivity contribution < 1.29 is 4.79 Å². The van der Waals surface area contributed by atoms with Crippen molar-refractivity contribution in [1.29, 1.82) is 0 Å². The number of anilines is 1. The summed E-state index contributed by atoms with van der Waals surface area (Å²) in [6, 6.07) is 17.0. The van der Waals surface area contributed by atoms with Crippen LogP contribution in [0.1, 0.15) is 37.2 Å². The van der Waals surface area contributed by atoms with Crippen LogP contribution in [0.25, 0.3) is 11.0 Å². The predicted molar refractivity (Wildman–Crippen MR) is 102 cm³/mol. The normalized spacial score (nSPS) is 19.0. The molecule has 1 unspecified atom stereocenters. The fourth-order valence-electron chi connectivity index (χ4n) is 4.07. The molecular formula is C21H22N4O. The number of nitrogens with zero attached hydrogens (tertiary/aromatic N) is 3. The number of aromatic nitrogens is 2. The number of para-hydroxylation sites is 3. The summed E-state index contributed by atoms with van der Waals surface area (Å²) in [4.78, 5) is 19.5. The van der Waals surface area contributed by atoms with E-state index in [1.807, 2.05) is 41.3 Å². The van der Waals surface area contributed by atoms with Gasteiger partial charge in [-0.3, -0.25) is 4.90 Å². The number of benzene rings is 2. The Morgan fingerprint density at radius 1 is 1.15 bits per heavy atom. The van der Waals surface area contributed by atoms with Gasteiger partial charge in [0.05, 0.1) is 17.6 Å². The van der Waals surface area contributed by atoms with Crippen LogP contribution in [0.2, 0.25) is 0 Å². The third-order valence-electron chi connectivity index (χ3n) is 5.40. The zero-order valence-electron chi connectivity index (χ0n) is 14.9. The molecule has 3 aromatic rings. The van der Waals surface area contributed by atoms with Gasteiger partial charge in [0.1, 0.15) is 5.82 Å². The fraction of sp³-hybridized carbons (Fsp3) is 0.333. The SMILES string of the molecule is CC1Cc2ccccc2N1C(=O)NCc1nc2ccccc2n1C1CC1. The molecule has 1 aromatic heterocycles. The Labute approximate surface area is 152 Å². The molecule has 1 fully saturated rings. The Bertz CT molecular complexity index is 989. The number of fused-ring (bicyclic) bond motifs is 2. The Kier molecular flexibility index (Phi) is 3.48. The van der Waals surface area contributed by atoms with Crippen LogP contribution < -0.4 is 10.2 Å². The van der Waals surface area contributed by atoms with E-state index in [4.69, 9.17) is 4.98 Å². The Hall–Kier alpha value is -2.82. The first-order valence-corrected chi connectivity index (χ1v) is 9.33. The Morgan fingerprint density at radius 3 is 2.77 bits per heavy atom. The first-order valence-electron chi connectivity index (χ1n) is 9.33. The van der Waals surface area contributed by atoms with Gasteiger partial charge in [-0.05, 0) is 49.9 Å². The van der Waals surface area contributed by atoms with Gasteiger partial charge in [-0.1, -0.05) is 30.3 Å². The lowest BCUT2D eigenvalue weighted by Gasteiger charge is -2.23. The molecule has 5 nitrogen and oxygen atoms in total. The summed E-state index contributed by atoms with van der Waals surface area (Å²) in [5.41, 5.74) is 4.43. The van der Waals surface area contributed by atoms with E-state index in [-0.39, 0.29) is 12.1 Å². The van der Waals surface area contributed by atoms with Crippen LogP contribution in [0.4, 0.5) is 10.5 Å². The van der Waals surface area contributed by atoms with Crippen LogP contribution in [0.5, 0.6) is 0 Å². The van der Waals surface area contributed by atoms with E-state index in [0.717, 1.165) is 23.4 Å². The maximum absolute atomic E-state index is 12.9. The van der Waals surface area contributed by atoms with E-state index in [2.05, 4.69) is 28.9 Å². The number of carbonyl (C=O) groups excluding carboxylic acids is 1. The highest BCUT2D eigenvalue weighted by Gasteiger charge is 2.31. The fourth-order valence-corrected chi connectivity index (χ4v) is 4.07. The molecular weight excluding hydrogens is 324 g/mol. The second-order valence-corrected chi connectivity index (χ2v) is 7.33. The second-order valence-electron chi connectivity index (χ2n) is 7.33. The molecule has 5 heteroatoms. The van der Waals surface area contributed by atoms with E-state index < -0.39 is 0 Å². The Morgan fingerprint density at radius 2 is 1.92 bits per heavy atom. The average Bonchev–Trinajstić information content (AvgIpc) is 3.32. The molecule has 5 rings (SSSR count). The van der Waals surface area contributed by atoms with Crippen LogP contribution in [0.3, 0.4) is 0 Å². The van der Waals surface area contributed by atoms with Crippen LogP contribution >= 0.6 is 0 Å². The van der Waals surface area contributed by atoms with Gasteiger partial charge < -0.3 is 9.88 Å². The van der Waals surface area contributed by atoms with Gasteiger partial charge in [-0.2, -0.15) is 0 Å². The van der Waals surface area contributed by atoms with Gasteiger partial charge >= 0.3 is 6.03 Å². The van der Waals surface area contributed by atoms with Gasteiger partial charge in [-0.25, -0.2) is 9.78 Å². The summed E-state index contributed by atoms with van der Waals surface area (Å²) < 4.78 is 2.30. The van der Waals surface area contributed by atoms with Crippen LogP contribution in [-0.4, -0.2) is 21.6 Å². The standard InChI is InChI=1S/C21H22N4O/c1-14-12-15-6-2-4-8-18(15)24(14)21(26)22-13-20-23-17-7-3-5-9-19(17)25(20)16-10-11-16/h2-9,14,16H,10-13H2,1H3,(H,22,26). The van der Waals surface area contributed by atoms with E-state index in [1.165, 1.54) is 23.9 Å². The van der Waals surface area contributed by atoms with Gasteiger partial charge in [0.25, 0.3) is 0 Å². The van der Waals surface area contributed by atoms with Gasteiger partial charge in [0, 0.05) is 17.8 Å². The minimum atomic E-state index is -0.0446. The molecule has 1 aliphatic carbocycles. The van der Waals surface area contributed by atoms with Crippen LogP contribution in [0, 0.1) is 0 Å². The molecule has 1 saturated carbocycles. The number of amides is 2. The zero-order valence-corrected chi connectivity index (χ0v) is 14.9. The Balaban J connectivity index is 1.39. The molecule has 0 spiro atoms. The van der Waals surface area contributed by atoms with E-state index in [0.29, 0.717) is 12.6 Å². The molecule has 1 atom stereocenters. The number of carbonyl (C=O) groups is 1. The number of nitrogens with one attached hydrogen (secondary N) is 1. The highest BCUT2D eigenvalue weighted by Crippen LogP contribution is 2.38. The smallest absolute Gasteiger partial charge is 0.322 e. The van der Waals surface area contributed by atoms with Crippen molar-refractivity contribution in [2.75, 3.05) is 4.90 Å². The quantitative estimate of drug-likeness (QED) is 0.778. The van der Waals surface area contributed by atoms with Crippen molar-refractivity contribution in [3.8, 4) is 0 Å². The lowest BCUT2D eigenvalue weighted by atomic mass is 10.1. The van der Waals surface area contributed by atoms with Gasteiger partial charge in [-0.15, -0.1) is 0 Å². The first-order chi connectivity index (χ1) is 12.7. The van der Waals surface area contributed by atoms with Crippen molar-refractivity contribution in [2.45, 2.75) is 44.8 Å². The minimum absolute atomic E-state index is 0.0446. The molecule has 0 saturated heterocycles. The van der Waals surface area contributed by atoms with Crippen molar-refractivity contribution >= 4 is 22.8 Å². The van der Waals surface area contributed by atoms with Crippen molar-refractivity contribution in [3.05, 3.63) is 59.9 Å². The summed E-state index contributed by atoms with van der Waals surface area (Å²) in [5, 5.41) is 3.10. The molecule has 1 N–H and O–H groups in total. The molecule has 26 heavy (non-hydrogen) atoms. The monoisotopic (exact) mass is 346 g/mol. The van der Waals surface area contributed by atoms with E-state index in [9.17, 15) is 4.79 Å². The number of hydrogen-bond donors (Lipinski definition) is 1. The minimum Gasteiger partial charge on any atom is -0.330 e. The van der Waals surface area contributed by atoms with Crippen molar-refractivity contribution in [3.63, 3.8) is 0 Å². The van der Waals surface area contributed by atoms with Crippen molar-refractivity contribution in [1.82, 2.24) is 14.9 Å². The molecule has 1 aliphatic heterocycles. The highest BCUT2D eigenvalue weighted by atomic mass is 16.2. The van der Waals surface area contributed by atoms with Crippen LogP contribution in [0.15, 0.2) is 48.5 Å². The topological polar surface area (TPSA) is 50.2 Å².